The molecule has 0 saturated heterocycles. The summed E-state index contributed by atoms with van der Waals surface area (Å²) in [6.45, 7) is 6.45. The van der Waals surface area contributed by atoms with Gasteiger partial charge in [-0.3, -0.25) is 4.79 Å². The number of rotatable bonds is 4. The number of carbonyl (C=O) groups excluding carboxylic acids is 1. The summed E-state index contributed by atoms with van der Waals surface area (Å²) in [7, 11) is 0. The molecule has 100 valence electrons. The van der Waals surface area contributed by atoms with Crippen molar-refractivity contribution in [1.82, 2.24) is 10.6 Å². The lowest BCUT2D eigenvalue weighted by atomic mass is 10.1. The number of halogens is 2. The Labute approximate surface area is 115 Å². The van der Waals surface area contributed by atoms with E-state index in [-0.39, 0.29) is 23.8 Å². The Hall–Kier alpha value is -0.940. The molecular weight excluding hydrogens is 299 g/mol. The van der Waals surface area contributed by atoms with Gasteiger partial charge in [0.05, 0.1) is 11.0 Å². The van der Waals surface area contributed by atoms with Crippen molar-refractivity contribution in [2.45, 2.75) is 32.9 Å². The van der Waals surface area contributed by atoms with Crippen molar-refractivity contribution in [2.24, 2.45) is 0 Å². The monoisotopic (exact) mass is 316 g/mol. The van der Waals surface area contributed by atoms with Crippen molar-refractivity contribution < 1.29 is 9.18 Å². The number of hydrogen-bond donors (Lipinski definition) is 2. The van der Waals surface area contributed by atoms with Crippen LogP contribution < -0.4 is 10.6 Å². The van der Waals surface area contributed by atoms with E-state index in [4.69, 9.17) is 0 Å². The molecule has 0 heterocycles. The van der Waals surface area contributed by atoms with E-state index in [1.54, 1.807) is 6.07 Å². The zero-order chi connectivity index (χ0) is 13.8. The van der Waals surface area contributed by atoms with Crippen molar-refractivity contribution in [3.63, 3.8) is 0 Å². The van der Waals surface area contributed by atoms with Gasteiger partial charge < -0.3 is 10.6 Å². The van der Waals surface area contributed by atoms with E-state index in [1.165, 1.54) is 6.07 Å². The molecule has 0 aliphatic heterocycles. The maximum atomic E-state index is 13.2. The van der Waals surface area contributed by atoms with Gasteiger partial charge in [-0.25, -0.2) is 4.39 Å². The van der Waals surface area contributed by atoms with Crippen LogP contribution in [0.4, 0.5) is 4.39 Å². The van der Waals surface area contributed by atoms with Gasteiger partial charge in [-0.05, 0) is 54.4 Å². The number of amides is 1. The summed E-state index contributed by atoms with van der Waals surface area (Å²) in [4.78, 5) is 11.5. The number of nitrogens with one attached hydrogen (secondary N) is 2. The zero-order valence-electron chi connectivity index (χ0n) is 10.8. The van der Waals surface area contributed by atoms with E-state index in [0.29, 0.717) is 11.0 Å². The van der Waals surface area contributed by atoms with Gasteiger partial charge in [-0.2, -0.15) is 0 Å². The van der Waals surface area contributed by atoms with Gasteiger partial charge in [-0.1, -0.05) is 6.07 Å². The van der Waals surface area contributed by atoms with Crippen molar-refractivity contribution in [1.29, 1.82) is 0 Å². The van der Waals surface area contributed by atoms with E-state index in [0.717, 1.165) is 5.56 Å². The van der Waals surface area contributed by atoms with E-state index < -0.39 is 0 Å². The highest BCUT2D eigenvalue weighted by Gasteiger charge is 2.12. The van der Waals surface area contributed by atoms with Gasteiger partial charge in [0.25, 0.3) is 0 Å². The Morgan fingerprint density at radius 3 is 2.61 bits per heavy atom. The molecule has 0 radical (unpaired) electrons. The lowest BCUT2D eigenvalue weighted by Gasteiger charge is -2.20. The van der Waals surface area contributed by atoms with Gasteiger partial charge in [-0.15, -0.1) is 0 Å². The fourth-order valence-electron chi connectivity index (χ4n) is 1.43. The second kappa shape index (κ2) is 6.29. The molecule has 0 atom stereocenters. The van der Waals surface area contributed by atoms with Gasteiger partial charge in [0.2, 0.25) is 5.91 Å². The summed E-state index contributed by atoms with van der Waals surface area (Å²) < 4.78 is 13.7. The Morgan fingerprint density at radius 1 is 1.39 bits per heavy atom. The molecule has 0 saturated carbocycles. The highest BCUT2D eigenvalue weighted by atomic mass is 79.9. The maximum Gasteiger partial charge on any atom is 0.234 e. The SMILES string of the molecule is CC(C)(C)NC(=O)CNCc1ccc(Br)c(F)c1. The van der Waals surface area contributed by atoms with Gasteiger partial charge in [0, 0.05) is 12.1 Å². The van der Waals surface area contributed by atoms with Crippen molar-refractivity contribution in [3.8, 4) is 0 Å². The highest BCUT2D eigenvalue weighted by molar-refractivity contribution is 9.10. The summed E-state index contributed by atoms with van der Waals surface area (Å²) in [5, 5.41) is 5.82. The number of carbonyl (C=O) groups is 1. The van der Waals surface area contributed by atoms with Crippen LogP contribution >= 0.6 is 15.9 Å². The Bertz CT molecular complexity index is 429. The maximum absolute atomic E-state index is 13.2. The summed E-state index contributed by atoms with van der Waals surface area (Å²) in [5.74, 6) is -0.367. The first-order valence-corrected chi connectivity index (χ1v) is 6.53. The molecule has 18 heavy (non-hydrogen) atoms. The van der Waals surface area contributed by atoms with Crippen LogP contribution in [0.5, 0.6) is 0 Å². The molecule has 1 aromatic carbocycles. The second-order valence-corrected chi connectivity index (χ2v) is 6.00. The molecule has 0 bridgehead atoms. The Balaban J connectivity index is 2.38. The largest absolute Gasteiger partial charge is 0.350 e. The first-order valence-electron chi connectivity index (χ1n) is 5.73. The fraction of sp³-hybridized carbons (Fsp3) is 0.462. The van der Waals surface area contributed by atoms with Crippen molar-refractivity contribution in [2.75, 3.05) is 6.54 Å². The second-order valence-electron chi connectivity index (χ2n) is 5.15. The van der Waals surface area contributed by atoms with E-state index in [1.807, 2.05) is 26.8 Å². The van der Waals surface area contributed by atoms with E-state index in [2.05, 4.69) is 26.6 Å². The summed E-state index contributed by atoms with van der Waals surface area (Å²) in [6.07, 6.45) is 0. The molecule has 1 aromatic rings. The van der Waals surface area contributed by atoms with Crippen molar-refractivity contribution in [3.05, 3.63) is 34.1 Å². The van der Waals surface area contributed by atoms with Crippen LogP contribution in [0.3, 0.4) is 0 Å². The molecule has 0 fully saturated rings. The summed E-state index contributed by atoms with van der Waals surface area (Å²) in [5.41, 5.74) is 0.571. The lowest BCUT2D eigenvalue weighted by molar-refractivity contribution is -0.121. The minimum absolute atomic E-state index is 0.0694. The minimum Gasteiger partial charge on any atom is -0.350 e. The zero-order valence-corrected chi connectivity index (χ0v) is 12.4. The molecule has 1 rings (SSSR count). The quantitative estimate of drug-likeness (QED) is 0.896. The van der Waals surface area contributed by atoms with Crippen LogP contribution in [0, 0.1) is 5.82 Å². The molecule has 0 spiro atoms. The standard InChI is InChI=1S/C13H18BrFN2O/c1-13(2,3)17-12(18)8-16-7-9-4-5-10(14)11(15)6-9/h4-6,16H,7-8H2,1-3H3,(H,17,18). The fourth-order valence-corrected chi connectivity index (χ4v) is 1.68. The number of benzene rings is 1. The third-order valence-corrected chi connectivity index (χ3v) is 2.76. The molecule has 0 aliphatic rings. The van der Waals surface area contributed by atoms with Crippen LogP contribution in [0.1, 0.15) is 26.3 Å². The van der Waals surface area contributed by atoms with Gasteiger partial charge in [0.1, 0.15) is 5.82 Å². The molecule has 0 unspecified atom stereocenters. The van der Waals surface area contributed by atoms with Gasteiger partial charge in [0.15, 0.2) is 0 Å². The Morgan fingerprint density at radius 2 is 2.06 bits per heavy atom. The topological polar surface area (TPSA) is 41.1 Å². The average Bonchev–Trinajstić information content (AvgIpc) is 2.20. The van der Waals surface area contributed by atoms with E-state index >= 15 is 0 Å². The molecule has 0 aromatic heterocycles. The predicted octanol–water partition coefficient (Wildman–Crippen LogP) is 2.59. The summed E-state index contributed by atoms with van der Waals surface area (Å²) >= 11 is 3.09. The lowest BCUT2D eigenvalue weighted by Crippen LogP contribution is -2.44. The molecule has 0 aliphatic carbocycles. The first kappa shape index (κ1) is 15.1. The number of hydrogen-bond acceptors (Lipinski definition) is 2. The molecule has 1 amide bonds. The average molecular weight is 317 g/mol. The minimum atomic E-state index is -0.298. The first-order chi connectivity index (χ1) is 8.28. The third-order valence-electron chi connectivity index (χ3n) is 2.11. The van der Waals surface area contributed by atoms with Crippen LogP contribution in [0.2, 0.25) is 0 Å². The van der Waals surface area contributed by atoms with E-state index in [9.17, 15) is 9.18 Å². The van der Waals surface area contributed by atoms with Gasteiger partial charge >= 0.3 is 0 Å². The molecule has 5 heteroatoms. The van der Waals surface area contributed by atoms with Crippen molar-refractivity contribution >= 4 is 21.8 Å². The predicted molar refractivity (Wildman–Crippen MR) is 73.7 cm³/mol. The smallest absolute Gasteiger partial charge is 0.234 e. The normalized spacial score (nSPS) is 11.4. The Kier molecular flexibility index (Phi) is 5.28. The molecular formula is C13H18BrFN2O. The third kappa shape index (κ3) is 5.60. The molecule has 2 N–H and O–H groups in total. The van der Waals surface area contributed by atoms with Crippen LogP contribution in [0.15, 0.2) is 22.7 Å². The van der Waals surface area contributed by atoms with Crippen LogP contribution in [0.25, 0.3) is 0 Å². The summed E-state index contributed by atoms with van der Waals surface area (Å²) in [6, 6.07) is 4.90. The van der Waals surface area contributed by atoms with Crippen LogP contribution in [-0.2, 0) is 11.3 Å². The highest BCUT2D eigenvalue weighted by Crippen LogP contribution is 2.16. The molecule has 3 nitrogen and oxygen atoms in total. The van der Waals surface area contributed by atoms with Crippen LogP contribution in [-0.4, -0.2) is 18.0 Å².